The van der Waals surface area contributed by atoms with Gasteiger partial charge in [-0.05, 0) is 0 Å². The van der Waals surface area contributed by atoms with Crippen molar-refractivity contribution in [1.82, 2.24) is 0 Å². The van der Waals surface area contributed by atoms with Gasteiger partial charge in [-0.15, -0.1) is 0 Å². The first kappa shape index (κ1) is 24.7. The molecule has 0 bridgehead atoms. The molecule has 0 aromatic carbocycles. The Hall–Kier alpha value is 0.651. The van der Waals surface area contributed by atoms with Crippen LogP contribution in [0, 0.1) is 0 Å². The normalized spacial score (nSPS) is 15.2. The summed E-state index contributed by atoms with van der Waals surface area (Å²) >= 11 is -5.08. The molecule has 9 heteroatoms. The Morgan fingerprint density at radius 1 is 0.708 bits per heavy atom. The fraction of sp³-hybridized carbons (Fsp3) is 1.00. The van der Waals surface area contributed by atoms with Crippen molar-refractivity contribution < 1.29 is 45.1 Å². The molecular formula is C15H36O7SiTi. The summed E-state index contributed by atoms with van der Waals surface area (Å²) in [5.41, 5.74) is -2.05. The molecule has 0 unspecified atom stereocenters. The first-order chi connectivity index (χ1) is 10.2. The molecule has 0 aliphatic heterocycles. The van der Waals surface area contributed by atoms with Gasteiger partial charge in [0.15, 0.2) is 0 Å². The molecule has 7 nitrogen and oxygen atoms in total. The predicted octanol–water partition coefficient (Wildman–Crippen LogP) is 3.11. The van der Waals surface area contributed by atoms with Gasteiger partial charge in [-0.3, -0.25) is 0 Å². The molecule has 2 N–H and O–H groups in total. The molecule has 146 valence electrons. The van der Waals surface area contributed by atoms with Crippen molar-refractivity contribution in [3.63, 3.8) is 0 Å². The van der Waals surface area contributed by atoms with Crippen LogP contribution in [0.3, 0.4) is 0 Å². The van der Waals surface area contributed by atoms with Crippen molar-refractivity contribution in [2.45, 2.75) is 99.1 Å². The van der Waals surface area contributed by atoms with Crippen LogP contribution >= 0.6 is 0 Å². The third-order valence-electron chi connectivity index (χ3n) is 1.94. The van der Waals surface area contributed by atoms with Gasteiger partial charge in [0.05, 0.1) is 0 Å². The second-order valence-electron chi connectivity index (χ2n) is 8.96. The number of rotatable bonds is 7. The summed E-state index contributed by atoms with van der Waals surface area (Å²) in [6, 6.07) is 0. The van der Waals surface area contributed by atoms with Crippen molar-refractivity contribution >= 4 is 9.05 Å². The molecule has 0 spiro atoms. The quantitative estimate of drug-likeness (QED) is 0.631. The zero-order valence-corrected chi connectivity index (χ0v) is 19.6. The van der Waals surface area contributed by atoms with E-state index in [1.54, 1.807) is 13.8 Å². The van der Waals surface area contributed by atoms with Crippen molar-refractivity contribution in [3.05, 3.63) is 0 Å². The van der Waals surface area contributed by atoms with Crippen LogP contribution in [0.1, 0.15) is 76.2 Å². The van der Waals surface area contributed by atoms with Crippen LogP contribution in [-0.4, -0.2) is 39.3 Å². The SMILES string of the molecule is CC(C)[O][Ti]([OH])([OH])[O][Si](OC(C)(C)C)(OC(C)(C)C)OC(C)(C)C. The molecule has 0 fully saturated rings. The summed E-state index contributed by atoms with van der Waals surface area (Å²) < 4.78 is 49.5. The summed E-state index contributed by atoms with van der Waals surface area (Å²) in [5.74, 6) is 0. The van der Waals surface area contributed by atoms with Gasteiger partial charge in [0.2, 0.25) is 0 Å². The molecule has 0 saturated carbocycles. The summed E-state index contributed by atoms with van der Waals surface area (Å²) in [6.07, 6.45) is -0.411. The van der Waals surface area contributed by atoms with Gasteiger partial charge < -0.3 is 0 Å². The Morgan fingerprint density at radius 3 is 1.21 bits per heavy atom. The van der Waals surface area contributed by atoms with E-state index < -0.39 is 50.1 Å². The second-order valence-corrected chi connectivity index (χ2v) is 13.8. The van der Waals surface area contributed by atoms with Crippen LogP contribution in [0.25, 0.3) is 0 Å². The van der Waals surface area contributed by atoms with Gasteiger partial charge in [-0.1, -0.05) is 0 Å². The number of hydrogen-bond donors (Lipinski definition) is 2. The minimum atomic E-state index is -5.08. The topological polar surface area (TPSA) is 86.6 Å². The van der Waals surface area contributed by atoms with Crippen molar-refractivity contribution in [3.8, 4) is 0 Å². The van der Waals surface area contributed by atoms with Gasteiger partial charge >= 0.3 is 153 Å². The summed E-state index contributed by atoms with van der Waals surface area (Å²) in [5, 5.41) is 0. The Labute approximate surface area is 153 Å². The van der Waals surface area contributed by atoms with E-state index in [0.29, 0.717) is 0 Å². The Bertz CT molecular complexity index is 353. The molecule has 0 heterocycles. The van der Waals surface area contributed by atoms with E-state index in [4.69, 9.17) is 19.6 Å². The Kier molecular flexibility index (Phi) is 8.34. The maximum atomic E-state index is 10.3. The monoisotopic (exact) mass is 404 g/mol. The molecule has 24 heavy (non-hydrogen) atoms. The second kappa shape index (κ2) is 8.12. The zero-order chi connectivity index (χ0) is 19.6. The van der Waals surface area contributed by atoms with Crippen LogP contribution in [0.15, 0.2) is 0 Å². The summed E-state index contributed by atoms with van der Waals surface area (Å²) in [4.78, 5) is 0. The van der Waals surface area contributed by atoms with Crippen molar-refractivity contribution in [1.29, 1.82) is 0 Å². The predicted molar refractivity (Wildman–Crippen MR) is 90.0 cm³/mol. The van der Waals surface area contributed by atoms with E-state index in [1.165, 1.54) is 0 Å². The number of hydrogen-bond acceptors (Lipinski definition) is 7. The van der Waals surface area contributed by atoms with Gasteiger partial charge in [-0.25, -0.2) is 0 Å². The van der Waals surface area contributed by atoms with E-state index >= 15 is 0 Å². The van der Waals surface area contributed by atoms with Crippen LogP contribution in [-0.2, 0) is 37.7 Å². The van der Waals surface area contributed by atoms with Crippen LogP contribution in [0.4, 0.5) is 0 Å². The third kappa shape index (κ3) is 12.1. The Balaban J connectivity index is 5.87. The standard InChI is InChI=1S/C12H27O4Si.C3H7O.2H2O.Ti/c1-10(2,3)14-17(13,15-11(4,5)6)16-12(7,8)9;1-3(2)4;;;/h1-9H3;3H,1-2H3;2*1H2;/q2*-1;;;+4/p-2. The molecule has 0 atom stereocenters. The average molecular weight is 404 g/mol. The van der Waals surface area contributed by atoms with Gasteiger partial charge in [-0.2, -0.15) is 0 Å². The van der Waals surface area contributed by atoms with Crippen LogP contribution in [0.5, 0.6) is 0 Å². The van der Waals surface area contributed by atoms with Crippen LogP contribution < -0.4 is 0 Å². The average Bonchev–Trinajstić information content (AvgIpc) is 2.00. The molecule has 0 saturated heterocycles. The first-order valence-electron chi connectivity index (χ1n) is 8.17. The zero-order valence-electron chi connectivity index (χ0n) is 17.0. The van der Waals surface area contributed by atoms with Crippen LogP contribution in [0.2, 0.25) is 0 Å². The van der Waals surface area contributed by atoms with Gasteiger partial charge in [0.25, 0.3) is 0 Å². The summed E-state index contributed by atoms with van der Waals surface area (Å²) in [7, 11) is -3.95. The fourth-order valence-corrected chi connectivity index (χ4v) is 7.91. The Morgan fingerprint density at radius 2 is 1.00 bits per heavy atom. The molecule has 0 aromatic rings. The molecular weight excluding hydrogens is 368 g/mol. The molecule has 0 rings (SSSR count). The molecule has 0 aliphatic rings. The summed E-state index contributed by atoms with van der Waals surface area (Å²) in [6.45, 7) is 19.8. The van der Waals surface area contributed by atoms with Crippen molar-refractivity contribution in [2.75, 3.05) is 0 Å². The minimum absolute atomic E-state index is 0.411. The van der Waals surface area contributed by atoms with E-state index in [0.717, 1.165) is 0 Å². The first-order valence-corrected chi connectivity index (χ1v) is 12.5. The maximum absolute atomic E-state index is 10.3. The van der Waals surface area contributed by atoms with E-state index in [9.17, 15) is 7.38 Å². The third-order valence-corrected chi connectivity index (χ3v) is 8.68. The van der Waals surface area contributed by atoms with Crippen molar-refractivity contribution in [2.24, 2.45) is 0 Å². The van der Waals surface area contributed by atoms with E-state index in [-0.39, 0.29) is 0 Å². The molecule has 0 aliphatic carbocycles. The van der Waals surface area contributed by atoms with E-state index in [2.05, 4.69) is 0 Å². The molecule has 0 aromatic heterocycles. The van der Waals surface area contributed by atoms with Gasteiger partial charge in [0.1, 0.15) is 0 Å². The van der Waals surface area contributed by atoms with E-state index in [1.807, 2.05) is 62.3 Å². The molecule has 0 amide bonds. The fourth-order valence-electron chi connectivity index (χ4n) is 1.74. The molecule has 0 radical (unpaired) electrons. The van der Waals surface area contributed by atoms with Gasteiger partial charge in [0, 0.05) is 0 Å².